The minimum absolute atomic E-state index is 0.301. The molecule has 0 aliphatic carbocycles. The van der Waals surface area contributed by atoms with Gasteiger partial charge in [-0.05, 0) is 68.4 Å². The highest BCUT2D eigenvalue weighted by Crippen LogP contribution is 2.33. The van der Waals surface area contributed by atoms with Gasteiger partial charge in [-0.1, -0.05) is 22.9 Å². The van der Waals surface area contributed by atoms with E-state index < -0.39 is 0 Å². The Balaban J connectivity index is 2.26. The summed E-state index contributed by atoms with van der Waals surface area (Å²) in [5.41, 5.74) is 2.26. The average Bonchev–Trinajstić information content (AvgIpc) is 2.46. The highest BCUT2D eigenvalue weighted by molar-refractivity contribution is 9.10. The van der Waals surface area contributed by atoms with Crippen molar-refractivity contribution in [1.29, 1.82) is 0 Å². The van der Waals surface area contributed by atoms with Crippen molar-refractivity contribution in [3.63, 3.8) is 0 Å². The third-order valence-corrected chi connectivity index (χ3v) is 4.58. The number of hydrogen-bond donors (Lipinski definition) is 1. The fraction of sp³-hybridized carbons (Fsp3) is 0.375. The van der Waals surface area contributed by atoms with E-state index in [9.17, 15) is 0 Å². The average molecular weight is 366 g/mol. The van der Waals surface area contributed by atoms with Crippen molar-refractivity contribution >= 4 is 27.7 Å². The Morgan fingerprint density at radius 3 is 2.86 bits per heavy atom. The van der Waals surface area contributed by atoms with Crippen molar-refractivity contribution in [1.82, 2.24) is 15.3 Å². The second kappa shape index (κ2) is 7.92. The van der Waals surface area contributed by atoms with Crippen LogP contribution in [0.3, 0.4) is 0 Å². The van der Waals surface area contributed by atoms with Crippen LogP contribution in [0.4, 0.5) is 0 Å². The van der Waals surface area contributed by atoms with Gasteiger partial charge in [0.15, 0.2) is 5.16 Å². The SMILES string of the molecule is CCCNC(C)c1cc(Br)ccc1Sc1nccc(C)n1. The molecule has 1 aromatic carbocycles. The summed E-state index contributed by atoms with van der Waals surface area (Å²) in [5.74, 6) is 0. The molecule has 0 saturated carbocycles. The van der Waals surface area contributed by atoms with E-state index in [2.05, 4.69) is 63.3 Å². The molecule has 0 spiro atoms. The molecule has 0 saturated heterocycles. The molecule has 21 heavy (non-hydrogen) atoms. The van der Waals surface area contributed by atoms with Crippen molar-refractivity contribution in [3.8, 4) is 0 Å². The predicted molar refractivity (Wildman–Crippen MR) is 91.7 cm³/mol. The normalized spacial score (nSPS) is 12.4. The molecule has 0 aliphatic rings. The number of hydrogen-bond acceptors (Lipinski definition) is 4. The van der Waals surface area contributed by atoms with E-state index in [1.807, 2.05) is 19.2 Å². The number of benzene rings is 1. The second-order valence-electron chi connectivity index (χ2n) is 4.94. The Morgan fingerprint density at radius 1 is 1.33 bits per heavy atom. The summed E-state index contributed by atoms with van der Waals surface area (Å²) in [6.07, 6.45) is 2.93. The Kier molecular flexibility index (Phi) is 6.21. The Morgan fingerprint density at radius 2 is 2.14 bits per heavy atom. The third-order valence-electron chi connectivity index (χ3n) is 3.11. The monoisotopic (exact) mass is 365 g/mol. The molecular formula is C16H20BrN3S. The molecule has 0 amide bonds. The Labute approximate surface area is 139 Å². The van der Waals surface area contributed by atoms with E-state index in [0.717, 1.165) is 28.3 Å². The quantitative estimate of drug-likeness (QED) is 0.748. The largest absolute Gasteiger partial charge is 0.310 e. The first-order valence-electron chi connectivity index (χ1n) is 7.10. The van der Waals surface area contributed by atoms with Crippen molar-refractivity contribution in [2.75, 3.05) is 6.54 Å². The van der Waals surface area contributed by atoms with E-state index in [1.165, 1.54) is 10.5 Å². The van der Waals surface area contributed by atoms with Crippen LogP contribution in [0.25, 0.3) is 0 Å². The van der Waals surface area contributed by atoms with Crippen molar-refractivity contribution in [3.05, 3.63) is 46.2 Å². The van der Waals surface area contributed by atoms with E-state index in [0.29, 0.717) is 6.04 Å². The van der Waals surface area contributed by atoms with E-state index in [1.54, 1.807) is 11.8 Å². The van der Waals surface area contributed by atoms with Crippen LogP contribution in [0.5, 0.6) is 0 Å². The molecule has 2 rings (SSSR count). The maximum atomic E-state index is 4.47. The zero-order chi connectivity index (χ0) is 15.2. The maximum absolute atomic E-state index is 4.47. The molecule has 1 unspecified atom stereocenters. The van der Waals surface area contributed by atoms with Crippen LogP contribution in [-0.2, 0) is 0 Å². The van der Waals surface area contributed by atoms with Gasteiger partial charge in [0.05, 0.1) is 0 Å². The highest BCUT2D eigenvalue weighted by atomic mass is 79.9. The molecule has 5 heteroatoms. The summed E-state index contributed by atoms with van der Waals surface area (Å²) in [6, 6.07) is 8.58. The van der Waals surface area contributed by atoms with Gasteiger partial charge in [0.25, 0.3) is 0 Å². The van der Waals surface area contributed by atoms with Gasteiger partial charge in [-0.3, -0.25) is 0 Å². The maximum Gasteiger partial charge on any atom is 0.192 e. The van der Waals surface area contributed by atoms with Gasteiger partial charge < -0.3 is 5.32 Å². The first-order valence-corrected chi connectivity index (χ1v) is 8.71. The molecule has 0 radical (unpaired) electrons. The van der Waals surface area contributed by atoms with Crippen molar-refractivity contribution < 1.29 is 0 Å². The first-order chi connectivity index (χ1) is 10.1. The Bertz CT molecular complexity index is 604. The van der Waals surface area contributed by atoms with Crippen LogP contribution in [0, 0.1) is 6.92 Å². The molecule has 1 N–H and O–H groups in total. The lowest BCUT2D eigenvalue weighted by molar-refractivity contribution is 0.563. The lowest BCUT2D eigenvalue weighted by Gasteiger charge is -2.17. The van der Waals surface area contributed by atoms with Crippen LogP contribution in [-0.4, -0.2) is 16.5 Å². The van der Waals surface area contributed by atoms with Crippen LogP contribution in [0.1, 0.15) is 37.6 Å². The smallest absolute Gasteiger partial charge is 0.192 e. The zero-order valence-corrected chi connectivity index (χ0v) is 15.0. The van der Waals surface area contributed by atoms with Crippen LogP contribution < -0.4 is 5.32 Å². The van der Waals surface area contributed by atoms with Crippen molar-refractivity contribution in [2.24, 2.45) is 0 Å². The fourth-order valence-electron chi connectivity index (χ4n) is 1.99. The molecule has 3 nitrogen and oxygen atoms in total. The van der Waals surface area contributed by atoms with Gasteiger partial charge in [-0.25, -0.2) is 9.97 Å². The third kappa shape index (κ3) is 4.80. The summed E-state index contributed by atoms with van der Waals surface area (Å²) < 4.78 is 1.09. The molecule has 0 aliphatic heterocycles. The molecule has 1 heterocycles. The van der Waals surface area contributed by atoms with Gasteiger partial charge in [0, 0.05) is 27.3 Å². The number of nitrogens with zero attached hydrogens (tertiary/aromatic N) is 2. The molecule has 112 valence electrons. The molecule has 0 fully saturated rings. The van der Waals surface area contributed by atoms with Gasteiger partial charge in [-0.15, -0.1) is 0 Å². The first kappa shape index (κ1) is 16.5. The summed E-state index contributed by atoms with van der Waals surface area (Å²) in [7, 11) is 0. The lowest BCUT2D eigenvalue weighted by Crippen LogP contribution is -2.19. The van der Waals surface area contributed by atoms with Crippen LogP contribution in [0.15, 0.2) is 45.0 Å². The highest BCUT2D eigenvalue weighted by Gasteiger charge is 2.13. The molecule has 1 aromatic heterocycles. The standard InChI is InChI=1S/C16H20BrN3S/c1-4-8-18-12(3)14-10-13(17)5-6-15(14)21-16-19-9-7-11(2)20-16/h5-7,9-10,12,18H,4,8H2,1-3H3. The van der Waals surface area contributed by atoms with Gasteiger partial charge in [0.2, 0.25) is 0 Å². The van der Waals surface area contributed by atoms with Gasteiger partial charge >= 0.3 is 0 Å². The van der Waals surface area contributed by atoms with E-state index in [-0.39, 0.29) is 0 Å². The predicted octanol–water partition coefficient (Wildman–Crippen LogP) is 4.76. The van der Waals surface area contributed by atoms with Crippen LogP contribution in [0.2, 0.25) is 0 Å². The number of halogens is 1. The summed E-state index contributed by atoms with van der Waals surface area (Å²) in [6.45, 7) is 7.37. The number of nitrogens with one attached hydrogen (secondary N) is 1. The molecule has 1 atom stereocenters. The van der Waals surface area contributed by atoms with Crippen molar-refractivity contribution in [2.45, 2.75) is 43.3 Å². The molecular weight excluding hydrogens is 346 g/mol. The summed E-state index contributed by atoms with van der Waals surface area (Å²) in [5, 5.41) is 4.33. The topological polar surface area (TPSA) is 37.8 Å². The van der Waals surface area contributed by atoms with E-state index in [4.69, 9.17) is 0 Å². The summed E-state index contributed by atoms with van der Waals surface area (Å²) in [4.78, 5) is 10.0. The minimum atomic E-state index is 0.301. The zero-order valence-electron chi connectivity index (χ0n) is 12.6. The molecule has 2 aromatic rings. The van der Waals surface area contributed by atoms with Gasteiger partial charge in [-0.2, -0.15) is 0 Å². The fourth-order valence-corrected chi connectivity index (χ4v) is 3.36. The summed E-state index contributed by atoms with van der Waals surface area (Å²) >= 11 is 5.18. The van der Waals surface area contributed by atoms with Crippen LogP contribution >= 0.6 is 27.7 Å². The van der Waals surface area contributed by atoms with E-state index >= 15 is 0 Å². The molecule has 0 bridgehead atoms. The van der Waals surface area contributed by atoms with Gasteiger partial charge in [0.1, 0.15) is 0 Å². The second-order valence-corrected chi connectivity index (χ2v) is 6.87. The number of rotatable bonds is 6. The number of aryl methyl sites for hydroxylation is 1. The Hall–Kier alpha value is -0.910. The minimum Gasteiger partial charge on any atom is -0.310 e. The number of aromatic nitrogens is 2. The lowest BCUT2D eigenvalue weighted by atomic mass is 10.1.